The lowest BCUT2D eigenvalue weighted by molar-refractivity contribution is 0.0568. The number of alkyl halides is 2. The van der Waals surface area contributed by atoms with E-state index in [1.165, 1.54) is 41.6 Å². The number of carbonyl (C=O) groups excluding carboxylic acids is 2. The Balaban J connectivity index is 0.000000252. The van der Waals surface area contributed by atoms with Crippen molar-refractivity contribution < 1.29 is 23.5 Å². The highest BCUT2D eigenvalue weighted by Crippen LogP contribution is 2.33. The summed E-state index contributed by atoms with van der Waals surface area (Å²) in [5, 5.41) is 13.0. The van der Waals surface area contributed by atoms with Crippen LogP contribution in [0.5, 0.6) is 5.75 Å². The van der Waals surface area contributed by atoms with Gasteiger partial charge in [0.1, 0.15) is 22.8 Å². The van der Waals surface area contributed by atoms with Crippen LogP contribution < -0.4 is 11.5 Å². The largest absolute Gasteiger partial charge is 0.507 e. The van der Waals surface area contributed by atoms with Crippen molar-refractivity contribution in [2.75, 3.05) is 5.73 Å². The smallest absolute Gasteiger partial charge is 0.333 e. The monoisotopic (exact) mass is 608 g/mol. The number of amides is 1. The number of imidazole rings is 1. The first kappa shape index (κ1) is 29.1. The second kappa shape index (κ2) is 12.0. The summed E-state index contributed by atoms with van der Waals surface area (Å²) >= 11 is 0. The maximum Gasteiger partial charge on any atom is 0.333 e. The topological polar surface area (TPSA) is 168 Å². The third-order valence-corrected chi connectivity index (χ3v) is 7.43. The molecule has 0 radical (unpaired) electrons. The van der Waals surface area contributed by atoms with Crippen LogP contribution in [-0.2, 0) is 12.8 Å². The van der Waals surface area contributed by atoms with Crippen molar-refractivity contribution in [2.24, 2.45) is 5.73 Å². The van der Waals surface area contributed by atoms with E-state index in [0.717, 1.165) is 24.9 Å². The van der Waals surface area contributed by atoms with Crippen molar-refractivity contribution in [1.82, 2.24) is 29.3 Å². The van der Waals surface area contributed by atoms with Crippen LogP contribution in [0.25, 0.3) is 39.6 Å². The number of aldehydes is 1. The van der Waals surface area contributed by atoms with E-state index in [9.17, 15) is 18.4 Å². The number of phenols is 1. The Hall–Kier alpha value is -5.98. The number of anilines is 1. The SMILES string of the molecule is NC(=O)c1ccc(O)c(C=O)c1.Nc1ncccc1-c1nc2ccc(-c3ccn(C(F)F)n3)nc2n1-c1ccc2c(c1)CCC2. The number of nitrogens with two attached hydrogens (primary N) is 2. The average Bonchev–Trinajstić information content (AvgIpc) is 3.80. The summed E-state index contributed by atoms with van der Waals surface area (Å²) in [6, 6.07) is 19.0. The van der Waals surface area contributed by atoms with E-state index in [1.807, 2.05) is 22.8 Å². The fourth-order valence-electron chi connectivity index (χ4n) is 5.21. The average molecular weight is 609 g/mol. The maximum atomic E-state index is 13.0. The van der Waals surface area contributed by atoms with Gasteiger partial charge in [0.15, 0.2) is 17.8 Å². The maximum absolute atomic E-state index is 13.0. The quantitative estimate of drug-likeness (QED) is 0.219. The van der Waals surface area contributed by atoms with E-state index >= 15 is 0 Å². The van der Waals surface area contributed by atoms with Crippen LogP contribution in [0.1, 0.15) is 44.8 Å². The van der Waals surface area contributed by atoms with Crippen LogP contribution in [0.3, 0.4) is 0 Å². The standard InChI is InChI=1S/C24H19F2N7.C8H7NO3/c25-24(26)32-12-10-19(31-32)18-8-9-20-23(29-18)33(16-7-6-14-3-1-4-15(14)13-16)22(30-20)17-5-2-11-28-21(17)27;9-8(12)5-1-2-7(11)6(3-5)4-10/h2,5-13,24H,1,3-4H2,(H2,27,28);1-4,11H,(H2,9,12). The van der Waals surface area contributed by atoms with Crippen molar-refractivity contribution in [3.8, 4) is 34.2 Å². The van der Waals surface area contributed by atoms with E-state index in [0.29, 0.717) is 50.7 Å². The van der Waals surface area contributed by atoms with Crippen LogP contribution >= 0.6 is 0 Å². The van der Waals surface area contributed by atoms with E-state index in [4.69, 9.17) is 26.5 Å². The first-order chi connectivity index (χ1) is 21.7. The molecule has 11 nitrogen and oxygen atoms in total. The molecule has 5 N–H and O–H groups in total. The van der Waals surface area contributed by atoms with E-state index in [1.54, 1.807) is 12.3 Å². The number of aryl methyl sites for hydroxylation is 2. The fraction of sp³-hybridized carbons (Fsp3) is 0.125. The van der Waals surface area contributed by atoms with Gasteiger partial charge < -0.3 is 16.6 Å². The molecule has 0 spiro atoms. The number of nitrogens with zero attached hydrogens (tertiary/aromatic N) is 6. The molecule has 1 amide bonds. The van der Waals surface area contributed by atoms with Gasteiger partial charge >= 0.3 is 6.55 Å². The van der Waals surface area contributed by atoms with E-state index < -0.39 is 12.5 Å². The van der Waals surface area contributed by atoms with E-state index in [-0.39, 0.29) is 16.9 Å². The van der Waals surface area contributed by atoms with Gasteiger partial charge in [-0.3, -0.25) is 14.2 Å². The van der Waals surface area contributed by atoms with Gasteiger partial charge in [0, 0.05) is 23.6 Å². The van der Waals surface area contributed by atoms with E-state index in [2.05, 4.69) is 28.3 Å². The Morgan fingerprint density at radius 3 is 2.53 bits per heavy atom. The van der Waals surface area contributed by atoms with Gasteiger partial charge in [-0.1, -0.05) is 6.07 Å². The van der Waals surface area contributed by atoms with Gasteiger partial charge in [-0.25, -0.2) is 19.6 Å². The number of benzene rings is 2. The highest BCUT2D eigenvalue weighted by Gasteiger charge is 2.21. The molecule has 0 saturated heterocycles. The summed E-state index contributed by atoms with van der Waals surface area (Å²) in [5.41, 5.74) is 17.8. The number of aromatic hydroxyl groups is 1. The molecule has 7 rings (SSSR count). The molecule has 0 atom stereocenters. The number of hydrogen-bond donors (Lipinski definition) is 3. The molecule has 0 unspecified atom stereocenters. The number of hydrogen-bond acceptors (Lipinski definition) is 8. The first-order valence-electron chi connectivity index (χ1n) is 13.9. The third-order valence-electron chi connectivity index (χ3n) is 7.43. The molecule has 0 aliphatic heterocycles. The molecule has 0 saturated carbocycles. The highest BCUT2D eigenvalue weighted by atomic mass is 19.3. The number of halogens is 2. The highest BCUT2D eigenvalue weighted by molar-refractivity contribution is 5.95. The molecule has 45 heavy (non-hydrogen) atoms. The molecule has 2 aromatic carbocycles. The molecule has 226 valence electrons. The van der Waals surface area contributed by atoms with Crippen molar-refractivity contribution in [1.29, 1.82) is 0 Å². The number of nitrogen functional groups attached to an aromatic ring is 1. The lowest BCUT2D eigenvalue weighted by atomic mass is 10.1. The fourth-order valence-corrected chi connectivity index (χ4v) is 5.21. The van der Waals surface area contributed by atoms with Gasteiger partial charge in [0.05, 0.1) is 16.8 Å². The Morgan fingerprint density at radius 1 is 0.978 bits per heavy atom. The third kappa shape index (κ3) is 5.70. The van der Waals surface area contributed by atoms with Crippen molar-refractivity contribution in [2.45, 2.75) is 25.8 Å². The Bertz CT molecular complexity index is 2070. The minimum Gasteiger partial charge on any atom is -0.507 e. The second-order valence-electron chi connectivity index (χ2n) is 10.3. The molecule has 4 heterocycles. The lowest BCUT2D eigenvalue weighted by Crippen LogP contribution is -2.10. The summed E-state index contributed by atoms with van der Waals surface area (Å²) < 4.78 is 28.6. The minimum absolute atomic E-state index is 0.0614. The summed E-state index contributed by atoms with van der Waals surface area (Å²) in [4.78, 5) is 34.7. The number of fused-ring (bicyclic) bond motifs is 2. The Labute approximate surface area is 254 Å². The van der Waals surface area contributed by atoms with Crippen LogP contribution in [-0.4, -0.2) is 46.6 Å². The van der Waals surface area contributed by atoms with Gasteiger partial charge in [-0.15, -0.1) is 0 Å². The molecule has 6 aromatic rings. The molecule has 1 aliphatic rings. The number of carbonyl (C=O) groups is 2. The number of phenolic OH excluding ortho intramolecular Hbond substituents is 1. The molecular formula is C32H26F2N8O3. The summed E-state index contributed by atoms with van der Waals surface area (Å²) in [5.74, 6) is 0.204. The number of primary amides is 1. The van der Waals surface area contributed by atoms with Crippen molar-refractivity contribution in [3.63, 3.8) is 0 Å². The number of aromatic nitrogens is 6. The first-order valence-corrected chi connectivity index (χ1v) is 13.9. The molecule has 0 bridgehead atoms. The predicted octanol–water partition coefficient (Wildman–Crippen LogP) is 5.12. The summed E-state index contributed by atoms with van der Waals surface area (Å²) in [6.45, 7) is -2.71. The second-order valence-corrected chi connectivity index (χ2v) is 10.3. The Kier molecular flexibility index (Phi) is 7.73. The van der Waals surface area contributed by atoms with Crippen molar-refractivity contribution in [3.05, 3.63) is 101 Å². The molecule has 13 heteroatoms. The summed E-state index contributed by atoms with van der Waals surface area (Å²) in [7, 11) is 0. The molecular weight excluding hydrogens is 582 g/mol. The lowest BCUT2D eigenvalue weighted by Gasteiger charge is -2.12. The number of rotatable bonds is 6. The van der Waals surface area contributed by atoms with Crippen LogP contribution in [0.2, 0.25) is 0 Å². The molecule has 1 aliphatic carbocycles. The number of pyridine rings is 2. The minimum atomic E-state index is -2.71. The van der Waals surface area contributed by atoms with Crippen LogP contribution in [0.15, 0.2) is 79.1 Å². The Morgan fingerprint density at radius 2 is 1.80 bits per heavy atom. The summed E-state index contributed by atoms with van der Waals surface area (Å²) in [6.07, 6.45) is 6.59. The zero-order valence-corrected chi connectivity index (χ0v) is 23.6. The van der Waals surface area contributed by atoms with Crippen LogP contribution in [0, 0.1) is 0 Å². The zero-order chi connectivity index (χ0) is 31.7. The van der Waals surface area contributed by atoms with Crippen molar-refractivity contribution >= 4 is 29.2 Å². The van der Waals surface area contributed by atoms with Gasteiger partial charge in [-0.2, -0.15) is 13.9 Å². The predicted molar refractivity (Wildman–Crippen MR) is 163 cm³/mol. The van der Waals surface area contributed by atoms with Gasteiger partial charge in [0.25, 0.3) is 0 Å². The zero-order valence-electron chi connectivity index (χ0n) is 23.6. The van der Waals surface area contributed by atoms with Crippen LogP contribution in [0.4, 0.5) is 14.6 Å². The van der Waals surface area contributed by atoms with Gasteiger partial charge in [-0.05, 0) is 91.1 Å². The normalized spacial score (nSPS) is 12.2. The molecule has 0 fully saturated rings. The molecule has 4 aromatic heterocycles. The van der Waals surface area contributed by atoms with Gasteiger partial charge in [0.2, 0.25) is 5.91 Å².